The second-order valence-electron chi connectivity index (χ2n) is 6.79. The Labute approximate surface area is 168 Å². The number of rotatable bonds is 2. The van der Waals surface area contributed by atoms with Crippen LogP contribution in [0.2, 0.25) is 0 Å². The molecule has 2 N–H and O–H groups in total. The molecular weight excluding hydrogens is 384 g/mol. The van der Waals surface area contributed by atoms with E-state index in [4.69, 9.17) is 8.83 Å². The predicted molar refractivity (Wildman–Crippen MR) is 113 cm³/mol. The molecule has 6 nitrogen and oxygen atoms in total. The fourth-order valence-electron chi connectivity index (χ4n) is 3.43. The van der Waals surface area contributed by atoms with Gasteiger partial charge in [-0.25, -0.2) is 0 Å². The topological polar surface area (TPSA) is 101 Å². The van der Waals surface area contributed by atoms with Gasteiger partial charge in [-0.3, -0.25) is 9.59 Å². The number of benzene rings is 3. The Bertz CT molecular complexity index is 1420. The van der Waals surface area contributed by atoms with Crippen molar-refractivity contribution in [2.24, 2.45) is 0 Å². The van der Waals surface area contributed by atoms with Gasteiger partial charge in [-0.15, -0.1) is 0 Å². The number of fused-ring (bicyclic) bond motifs is 2. The summed E-state index contributed by atoms with van der Waals surface area (Å²) in [4.78, 5) is 24.8. The van der Waals surface area contributed by atoms with E-state index in [1.54, 1.807) is 72.8 Å². The minimum absolute atomic E-state index is 0.0365. The molecule has 0 fully saturated rings. The Kier molecular flexibility index (Phi) is 3.93. The molecule has 0 unspecified atom stereocenters. The van der Waals surface area contributed by atoms with Gasteiger partial charge in [-0.05, 0) is 24.3 Å². The minimum Gasteiger partial charge on any atom is -0.502 e. The van der Waals surface area contributed by atoms with Gasteiger partial charge in [0.25, 0.3) is 0 Å². The van der Waals surface area contributed by atoms with E-state index in [1.165, 1.54) is 0 Å². The lowest BCUT2D eigenvalue weighted by atomic mass is 10.0. The molecule has 0 bridgehead atoms. The van der Waals surface area contributed by atoms with Crippen LogP contribution in [0.3, 0.4) is 0 Å². The monoisotopic (exact) mass is 398 g/mol. The molecule has 0 aliphatic carbocycles. The van der Waals surface area contributed by atoms with Crippen molar-refractivity contribution in [3.63, 3.8) is 0 Å². The highest BCUT2D eigenvalue weighted by Gasteiger charge is 2.18. The predicted octanol–water partition coefficient (Wildman–Crippen LogP) is 4.64. The molecule has 3 aromatic carbocycles. The van der Waals surface area contributed by atoms with E-state index in [0.717, 1.165) is 0 Å². The second kappa shape index (κ2) is 6.63. The summed E-state index contributed by atoms with van der Waals surface area (Å²) in [6, 6.07) is 19.7. The van der Waals surface area contributed by atoms with Gasteiger partial charge in [0.05, 0.1) is 10.8 Å². The molecule has 2 aromatic heterocycles. The molecule has 0 saturated carbocycles. The Morgan fingerprint density at radius 1 is 0.533 bits per heavy atom. The van der Waals surface area contributed by atoms with Crippen molar-refractivity contribution >= 4 is 21.9 Å². The van der Waals surface area contributed by atoms with Gasteiger partial charge in [-0.2, -0.15) is 0 Å². The molecule has 0 spiro atoms. The first kappa shape index (κ1) is 17.8. The molecule has 0 saturated heterocycles. The third-order valence-electron chi connectivity index (χ3n) is 4.96. The van der Waals surface area contributed by atoms with Crippen molar-refractivity contribution in [2.75, 3.05) is 0 Å². The van der Waals surface area contributed by atoms with E-state index in [9.17, 15) is 19.8 Å². The van der Waals surface area contributed by atoms with Crippen LogP contribution in [-0.2, 0) is 0 Å². The van der Waals surface area contributed by atoms with Crippen LogP contribution in [0.5, 0.6) is 11.5 Å². The number of aromatic hydroxyl groups is 2. The molecule has 0 aliphatic rings. The highest BCUT2D eigenvalue weighted by atomic mass is 16.4. The zero-order valence-electron chi connectivity index (χ0n) is 15.5. The average Bonchev–Trinajstić information content (AvgIpc) is 2.79. The summed E-state index contributed by atoms with van der Waals surface area (Å²) in [5.74, 6) is -0.896. The molecule has 146 valence electrons. The molecule has 0 amide bonds. The standard InChI is InChI=1S/C24H14O6/c25-19-15-5-1-3-7-17(15)29-23(21(19)27)13-9-11-14(12-10-13)24-22(28)20(26)16-6-2-4-8-18(16)30-24/h1-12,27-28H. The van der Waals surface area contributed by atoms with Crippen molar-refractivity contribution in [2.45, 2.75) is 0 Å². The third kappa shape index (κ3) is 2.66. The van der Waals surface area contributed by atoms with E-state index in [-0.39, 0.29) is 11.5 Å². The van der Waals surface area contributed by atoms with Gasteiger partial charge in [0.15, 0.2) is 11.5 Å². The molecule has 5 rings (SSSR count). The van der Waals surface area contributed by atoms with Crippen molar-refractivity contribution in [1.29, 1.82) is 0 Å². The van der Waals surface area contributed by atoms with Gasteiger partial charge in [0, 0.05) is 11.1 Å². The Morgan fingerprint density at radius 3 is 1.30 bits per heavy atom. The number of para-hydroxylation sites is 2. The molecule has 0 atom stereocenters. The van der Waals surface area contributed by atoms with Crippen LogP contribution in [0.15, 0.2) is 91.2 Å². The lowest BCUT2D eigenvalue weighted by Crippen LogP contribution is -2.03. The largest absolute Gasteiger partial charge is 0.502 e. The van der Waals surface area contributed by atoms with Crippen molar-refractivity contribution in [3.8, 4) is 34.1 Å². The van der Waals surface area contributed by atoms with Crippen LogP contribution in [0.25, 0.3) is 44.6 Å². The Morgan fingerprint density at radius 2 is 0.900 bits per heavy atom. The third-order valence-corrected chi connectivity index (χ3v) is 4.96. The van der Waals surface area contributed by atoms with Crippen molar-refractivity contribution in [3.05, 3.63) is 93.2 Å². The zero-order valence-corrected chi connectivity index (χ0v) is 15.5. The number of hydrogen-bond donors (Lipinski definition) is 2. The van der Waals surface area contributed by atoms with E-state index in [2.05, 4.69) is 0 Å². The molecular formula is C24H14O6. The van der Waals surface area contributed by atoms with Crippen LogP contribution in [-0.4, -0.2) is 10.2 Å². The maximum atomic E-state index is 12.4. The highest BCUT2D eigenvalue weighted by Crippen LogP contribution is 2.34. The van der Waals surface area contributed by atoms with Gasteiger partial charge >= 0.3 is 0 Å². The van der Waals surface area contributed by atoms with Crippen molar-refractivity contribution in [1.82, 2.24) is 0 Å². The maximum absolute atomic E-state index is 12.4. The molecule has 5 aromatic rings. The van der Waals surface area contributed by atoms with E-state index >= 15 is 0 Å². The summed E-state index contributed by atoms with van der Waals surface area (Å²) in [6.45, 7) is 0. The summed E-state index contributed by atoms with van der Waals surface area (Å²) in [6.07, 6.45) is 0. The summed E-state index contributed by atoms with van der Waals surface area (Å²) in [5.41, 5.74) is 0.599. The second-order valence-corrected chi connectivity index (χ2v) is 6.79. The van der Waals surface area contributed by atoms with Crippen LogP contribution >= 0.6 is 0 Å². The fraction of sp³-hybridized carbons (Fsp3) is 0. The summed E-state index contributed by atoms with van der Waals surface area (Å²) >= 11 is 0. The Balaban J connectivity index is 1.64. The maximum Gasteiger partial charge on any atom is 0.235 e. The van der Waals surface area contributed by atoms with Crippen molar-refractivity contribution < 1.29 is 19.0 Å². The molecule has 30 heavy (non-hydrogen) atoms. The average molecular weight is 398 g/mol. The van der Waals surface area contributed by atoms with Gasteiger partial charge in [-0.1, -0.05) is 48.5 Å². The van der Waals surface area contributed by atoms with Gasteiger partial charge in [0.1, 0.15) is 11.2 Å². The summed E-state index contributed by atoms with van der Waals surface area (Å²) < 4.78 is 11.5. The number of hydrogen-bond acceptors (Lipinski definition) is 6. The molecule has 6 heteroatoms. The summed E-state index contributed by atoms with van der Waals surface area (Å²) in [7, 11) is 0. The molecule has 0 aliphatic heterocycles. The first-order chi connectivity index (χ1) is 14.5. The highest BCUT2D eigenvalue weighted by molar-refractivity contribution is 5.83. The Hall–Kier alpha value is -4.32. The normalized spacial score (nSPS) is 11.2. The fourth-order valence-corrected chi connectivity index (χ4v) is 3.43. The lowest BCUT2D eigenvalue weighted by molar-refractivity contribution is 0.448. The van der Waals surface area contributed by atoms with Crippen LogP contribution in [0.1, 0.15) is 0 Å². The first-order valence-electron chi connectivity index (χ1n) is 9.15. The SMILES string of the molecule is O=c1c(O)c(-c2ccc(-c3oc4ccccc4c(=O)c3O)cc2)oc2ccccc12. The van der Waals surface area contributed by atoms with Gasteiger partial charge < -0.3 is 19.0 Å². The molecule has 0 radical (unpaired) electrons. The lowest BCUT2D eigenvalue weighted by Gasteiger charge is -2.08. The first-order valence-corrected chi connectivity index (χ1v) is 9.15. The minimum atomic E-state index is -0.519. The smallest absolute Gasteiger partial charge is 0.235 e. The van der Waals surface area contributed by atoms with Crippen LogP contribution in [0.4, 0.5) is 0 Å². The van der Waals surface area contributed by atoms with E-state index in [0.29, 0.717) is 33.1 Å². The van der Waals surface area contributed by atoms with Crippen LogP contribution in [0, 0.1) is 0 Å². The van der Waals surface area contributed by atoms with Crippen LogP contribution < -0.4 is 10.9 Å². The summed E-state index contributed by atoms with van der Waals surface area (Å²) in [5, 5.41) is 21.2. The molecule has 2 heterocycles. The van der Waals surface area contributed by atoms with E-state index < -0.39 is 22.4 Å². The zero-order chi connectivity index (χ0) is 20.8. The quantitative estimate of drug-likeness (QED) is 0.449. The van der Waals surface area contributed by atoms with Gasteiger partial charge in [0.2, 0.25) is 22.4 Å². The van der Waals surface area contributed by atoms with E-state index in [1.807, 2.05) is 0 Å².